The molecule has 7 aromatic rings. The van der Waals surface area contributed by atoms with E-state index in [-0.39, 0.29) is 28.3 Å². The number of unbranched alkanes of at least 4 members (excludes halogenated alkanes) is 3. The molecule has 3 saturated heterocycles. The summed E-state index contributed by atoms with van der Waals surface area (Å²) in [7, 11) is 0. The number of aliphatic hydroxyl groups excluding tert-OH is 10. The normalized spacial score (nSPS) is 28.9. The fourth-order valence-electron chi connectivity index (χ4n) is 16.5. The van der Waals surface area contributed by atoms with Crippen LogP contribution in [0.25, 0.3) is 11.1 Å². The molecule has 8 amide bonds. The highest BCUT2D eigenvalue weighted by Crippen LogP contribution is 2.51. The highest BCUT2D eigenvalue weighted by molar-refractivity contribution is 6.32. The van der Waals surface area contributed by atoms with Crippen molar-refractivity contribution in [1.29, 1.82) is 0 Å². The van der Waals surface area contributed by atoms with Crippen molar-refractivity contribution in [2.24, 2.45) is 11.7 Å². The number of carbonyl (C=O) groups excluding carboxylic acids is 8. The number of benzene rings is 7. The van der Waals surface area contributed by atoms with Crippen molar-refractivity contribution in [3.63, 3.8) is 0 Å². The van der Waals surface area contributed by atoms with Gasteiger partial charge in [-0.1, -0.05) is 93.1 Å². The Balaban J connectivity index is 1.04. The summed E-state index contributed by atoms with van der Waals surface area (Å²) in [6.07, 6.45) is -25.9. The summed E-state index contributed by atoms with van der Waals surface area (Å²) in [4.78, 5) is 138. The van der Waals surface area contributed by atoms with Gasteiger partial charge in [-0.15, -0.1) is 0 Å². The topological polar surface area (TPSA) is 662 Å². The van der Waals surface area contributed by atoms with Gasteiger partial charge in [-0.05, 0) is 113 Å². The van der Waals surface area contributed by atoms with E-state index in [1.54, 1.807) is 0 Å². The Hall–Kier alpha value is -12.0. The van der Waals surface area contributed by atoms with Crippen LogP contribution in [0.15, 0.2) is 115 Å². The number of hydrogen-bond acceptors (Lipinski definition) is 33. The predicted molar refractivity (Wildman–Crippen MR) is 453 cm³/mol. The molecule has 15 bridgehead atoms. The highest BCUT2D eigenvalue weighted by atomic mass is 35.5. The number of para-hydroxylation sites is 1. The molecule has 3 fully saturated rings. The Labute approximate surface area is 759 Å². The van der Waals surface area contributed by atoms with Gasteiger partial charge in [0.1, 0.15) is 156 Å². The van der Waals surface area contributed by atoms with Crippen molar-refractivity contribution < 1.29 is 162 Å². The predicted octanol–water partition coefficient (Wildman–Crippen LogP) is 1.02. The number of phenolic OH excluding ortho intramolecular Hbond substituents is 4. The molecule has 16 rings (SSSR count). The number of ether oxygens (including phenoxy) is 9. The molecule has 9 aliphatic rings. The first-order chi connectivity index (χ1) is 62.9. The third-order valence-electron chi connectivity index (χ3n) is 23.4. The second-order valence-electron chi connectivity index (χ2n) is 33.2. The van der Waals surface area contributed by atoms with E-state index < -0.39 is 327 Å². The van der Waals surface area contributed by atoms with Gasteiger partial charge in [0.25, 0.3) is 0 Å². The van der Waals surface area contributed by atoms with Crippen LogP contribution < -0.4 is 72.0 Å². The first-order valence-corrected chi connectivity index (χ1v) is 42.7. The minimum Gasteiger partial charge on any atom is -0.508 e. The lowest BCUT2D eigenvalue weighted by molar-refractivity contribution is -0.284. The maximum Gasteiger partial charge on any atom is 0.330 e. The van der Waals surface area contributed by atoms with Crippen LogP contribution in [0.3, 0.4) is 0 Å². The average Bonchev–Trinajstić information content (AvgIpc) is 0.763. The number of hydrogen-bond donors (Lipinski definition) is 24. The van der Waals surface area contributed by atoms with E-state index in [4.69, 9.17) is 71.6 Å². The summed E-state index contributed by atoms with van der Waals surface area (Å²) in [5, 5.41) is 190. The van der Waals surface area contributed by atoms with Gasteiger partial charge in [-0.2, -0.15) is 0 Å². The summed E-state index contributed by atoms with van der Waals surface area (Å²) in [5.41, 5.74) is 2.64. The summed E-state index contributed by atoms with van der Waals surface area (Å²) in [5.74, 6) is -19.4. The van der Waals surface area contributed by atoms with Gasteiger partial charge in [-0.25, -0.2) is 4.79 Å². The number of aromatic hydroxyl groups is 4. The fraction of sp³-hybridized carbons (Fsp3) is 0.420. The standard InChI is InChI=1S/C88H97Cl2N9O33/c1-33(2)9-6-4-5-7-12-59(108)94-67-73(113)70(110)57(31-101)129-87(67)132-78-54-25-39-26-55(78)126-52-18-15-37(24-47(52)90)76(131-86-66(92-34(3)103)72(112)69(109)56(30-100)128-86)68-84(121)98-65(85(122)123)45-28-41(105)29-53(127-88-75(115)74(114)71(111)58(32-102)130-88)60(45)44-23-36(14-16-49(44)106)62(81(118)99-68)96-83(120)64(39)97-82(119)63-38-21-40(104)27-42(22-38)124-77-43(10-8-11-50(77)107)61(91)80(117)93-48(79(116)95-63)20-35-13-17-51(125-54)46(89)19-35/h8,10-11,13-19,21-29,33,48,56-58,61-76,86-88,100-102,104-107,109-115H,4-7,9,12,20,30-32,91H2,1-3H3,(H,92,103)(H,93,117)(H,94,108)(H,95,116)(H,96,120)(H,97,119)(H,98,121)(H,99,118)(H,122,123). The van der Waals surface area contributed by atoms with E-state index in [0.717, 1.165) is 105 Å². The molecule has 25 N–H and O–H groups in total. The lowest BCUT2D eigenvalue weighted by Gasteiger charge is -2.44. The number of nitrogens with two attached hydrogens (primary N) is 1. The van der Waals surface area contributed by atoms with Crippen molar-refractivity contribution >= 4 is 76.4 Å². The van der Waals surface area contributed by atoms with E-state index in [1.165, 1.54) is 36.4 Å². The van der Waals surface area contributed by atoms with Crippen molar-refractivity contribution in [3.8, 4) is 80.1 Å². The van der Waals surface area contributed by atoms with E-state index in [1.807, 2.05) is 0 Å². The fourth-order valence-corrected chi connectivity index (χ4v) is 17.0. The van der Waals surface area contributed by atoms with Crippen LogP contribution in [0, 0.1) is 5.92 Å². The van der Waals surface area contributed by atoms with E-state index in [9.17, 15) is 95.8 Å². The minimum atomic E-state index is -2.59. The molecule has 23 unspecified atom stereocenters. The van der Waals surface area contributed by atoms with Gasteiger partial charge in [0, 0.05) is 54.2 Å². The minimum absolute atomic E-state index is 0.144. The van der Waals surface area contributed by atoms with Gasteiger partial charge in [0.2, 0.25) is 65.6 Å². The van der Waals surface area contributed by atoms with Gasteiger partial charge in [0.15, 0.2) is 35.3 Å². The maximum absolute atomic E-state index is 17.0. The van der Waals surface area contributed by atoms with Crippen molar-refractivity contribution in [2.75, 3.05) is 19.8 Å². The summed E-state index contributed by atoms with van der Waals surface area (Å²) in [6, 6.07) is 0.682. The molecular weight excluding hydrogens is 1780 g/mol. The molecular formula is C88H97Cl2N9O33. The largest absolute Gasteiger partial charge is 0.508 e. The number of carboxylic acid groups (broad SMARTS) is 1. The van der Waals surface area contributed by atoms with E-state index in [2.05, 4.69) is 56.4 Å². The summed E-state index contributed by atoms with van der Waals surface area (Å²) >= 11 is 14.7. The smallest absolute Gasteiger partial charge is 0.330 e. The SMILES string of the molecule is CC(=O)NC1C(OC2c3ccc(c(Cl)c3)Oc3cc4cc(c3OC3OC(CO)C(O)C(O)C3NC(=O)CCCCCCC(C)C)Oc3ccc(cc3Cl)CC3NC(=O)C(N)c5cccc(O)c5Oc5cc(O)cc(c5)C(NC3=O)C(=O)NC4C(=O)NC3C(=O)NC2C(=O)NC(C(=O)O)c2cc(O)cc(OC4OC(CO)C(O)C(O)C4O)c2-c2cc3ccc2O)OC(CO)C(O)C1O. The second-order valence-corrected chi connectivity index (χ2v) is 34.0. The second kappa shape index (κ2) is 40.6. The van der Waals surface area contributed by atoms with Crippen molar-refractivity contribution in [3.05, 3.63) is 164 Å². The number of aliphatic hydroxyl groups is 10. The third kappa shape index (κ3) is 20.6. The molecule has 9 aliphatic heterocycles. The maximum atomic E-state index is 17.0. The van der Waals surface area contributed by atoms with Crippen LogP contribution in [-0.4, -0.2) is 254 Å². The zero-order valence-corrected chi connectivity index (χ0v) is 71.8. The number of aliphatic carboxylic acids is 1. The molecule has 7 aromatic carbocycles. The Morgan fingerprint density at radius 2 is 1.09 bits per heavy atom. The molecule has 44 heteroatoms. The number of phenols is 4. The number of nitrogens with one attached hydrogen (secondary N) is 8. The number of carboxylic acids is 1. The molecule has 132 heavy (non-hydrogen) atoms. The average molecular weight is 1880 g/mol. The molecule has 0 radical (unpaired) electrons. The first-order valence-electron chi connectivity index (χ1n) is 42.0. The molecule has 0 aromatic heterocycles. The van der Waals surface area contributed by atoms with E-state index in [0.29, 0.717) is 18.8 Å². The Morgan fingerprint density at radius 3 is 1.72 bits per heavy atom. The van der Waals surface area contributed by atoms with E-state index >= 15 is 24.0 Å². The highest BCUT2D eigenvalue weighted by Gasteiger charge is 2.52. The Kier molecular flexibility index (Phi) is 29.5. The molecule has 706 valence electrons. The Bertz CT molecular complexity index is 5560. The van der Waals surface area contributed by atoms with Crippen molar-refractivity contribution in [2.45, 2.75) is 206 Å². The first kappa shape index (κ1) is 96.0. The van der Waals surface area contributed by atoms with Gasteiger partial charge < -0.3 is 167 Å². The van der Waals surface area contributed by atoms with Crippen LogP contribution in [0.5, 0.6) is 69.0 Å². The summed E-state index contributed by atoms with van der Waals surface area (Å²) in [6.45, 7) is 1.97. The van der Waals surface area contributed by atoms with Gasteiger partial charge in [-0.3, -0.25) is 38.4 Å². The van der Waals surface area contributed by atoms with Gasteiger partial charge >= 0.3 is 5.97 Å². The molecule has 9 heterocycles. The molecule has 23 atom stereocenters. The van der Waals surface area contributed by atoms with Crippen LogP contribution in [0.1, 0.15) is 135 Å². The summed E-state index contributed by atoms with van der Waals surface area (Å²) < 4.78 is 57.6. The number of carbonyl (C=O) groups is 9. The van der Waals surface area contributed by atoms with Crippen LogP contribution in [0.2, 0.25) is 10.0 Å². The molecule has 0 aliphatic carbocycles. The van der Waals surface area contributed by atoms with Crippen LogP contribution in [0.4, 0.5) is 0 Å². The third-order valence-corrected chi connectivity index (χ3v) is 24.0. The number of rotatable bonds is 19. The quantitative estimate of drug-likeness (QED) is 0.0503. The monoisotopic (exact) mass is 1880 g/mol. The molecule has 0 spiro atoms. The molecule has 42 nitrogen and oxygen atoms in total. The van der Waals surface area contributed by atoms with Gasteiger partial charge in [0.05, 0.1) is 29.9 Å². The van der Waals surface area contributed by atoms with Crippen LogP contribution in [-0.2, 0) is 68.5 Å². The zero-order chi connectivity index (χ0) is 94.9. The van der Waals surface area contributed by atoms with Crippen molar-refractivity contribution in [1.82, 2.24) is 42.5 Å². The number of amides is 8. The molecule has 0 saturated carbocycles. The number of halogens is 2. The number of fused-ring (bicyclic) bond motifs is 13. The lowest BCUT2D eigenvalue weighted by Crippen LogP contribution is -2.65. The lowest BCUT2D eigenvalue weighted by atomic mass is 9.89. The Morgan fingerprint density at radius 1 is 0.515 bits per heavy atom. The van der Waals surface area contributed by atoms with Crippen LogP contribution >= 0.6 is 23.2 Å². The zero-order valence-electron chi connectivity index (χ0n) is 70.3.